The molecule has 230 valence electrons. The highest BCUT2D eigenvalue weighted by atomic mass is 32.1. The van der Waals surface area contributed by atoms with E-state index in [4.69, 9.17) is 9.47 Å². The molecule has 0 aliphatic rings. The standard InChI is InChI=1S/C33H35N2O7PS/c1-23(32(37)41-2)34-30(36)29(19-24-13-15-27(16-14-24)26-11-7-4-8-12-26)21-43(39,40)31(28-17-18-44-22-28)35-33(38)42-20-25-9-5-3-6-10-25/h3-18,22-23,29,31H,19-21H2,1-2H3,(H,34,36)(H,35,38)(H,39,40). The van der Waals surface area contributed by atoms with Crippen LogP contribution in [-0.2, 0) is 36.7 Å². The molecular weight excluding hydrogens is 599 g/mol. The van der Waals surface area contributed by atoms with Crippen LogP contribution in [0.25, 0.3) is 11.1 Å². The third kappa shape index (κ3) is 9.13. The van der Waals surface area contributed by atoms with Crippen molar-refractivity contribution in [2.24, 2.45) is 5.92 Å². The van der Waals surface area contributed by atoms with Crippen molar-refractivity contribution in [1.82, 2.24) is 10.6 Å². The number of amides is 2. The molecule has 44 heavy (non-hydrogen) atoms. The van der Waals surface area contributed by atoms with Gasteiger partial charge in [-0.15, -0.1) is 0 Å². The lowest BCUT2D eigenvalue weighted by Crippen LogP contribution is -2.44. The summed E-state index contributed by atoms with van der Waals surface area (Å²) in [6.45, 7) is 1.46. The van der Waals surface area contributed by atoms with Gasteiger partial charge in [0.25, 0.3) is 0 Å². The minimum absolute atomic E-state index is 0.0197. The molecule has 0 radical (unpaired) electrons. The second-order valence-electron chi connectivity index (χ2n) is 10.3. The first-order chi connectivity index (χ1) is 21.2. The first-order valence-electron chi connectivity index (χ1n) is 14.0. The number of nitrogens with one attached hydrogen (secondary N) is 2. The summed E-state index contributed by atoms with van der Waals surface area (Å²) >= 11 is 1.31. The van der Waals surface area contributed by atoms with Crippen LogP contribution in [-0.4, -0.2) is 42.2 Å². The van der Waals surface area contributed by atoms with Crippen molar-refractivity contribution >= 4 is 36.7 Å². The Kier molecular flexibility index (Phi) is 11.5. The van der Waals surface area contributed by atoms with Gasteiger partial charge >= 0.3 is 12.1 Å². The largest absolute Gasteiger partial charge is 0.467 e. The maximum absolute atomic E-state index is 14.1. The Balaban J connectivity index is 1.55. The summed E-state index contributed by atoms with van der Waals surface area (Å²) in [5.74, 6) is -3.55. The molecule has 9 nitrogen and oxygen atoms in total. The van der Waals surface area contributed by atoms with Gasteiger partial charge in [0.1, 0.15) is 18.4 Å². The average Bonchev–Trinajstić information content (AvgIpc) is 3.57. The molecule has 0 aliphatic heterocycles. The van der Waals surface area contributed by atoms with Crippen LogP contribution in [0.1, 0.15) is 29.4 Å². The molecule has 0 fully saturated rings. The maximum Gasteiger partial charge on any atom is 0.408 e. The van der Waals surface area contributed by atoms with E-state index < -0.39 is 49.2 Å². The number of carbonyl (C=O) groups excluding carboxylic acids is 3. The molecule has 0 spiro atoms. The number of thiophene rings is 1. The van der Waals surface area contributed by atoms with Gasteiger partial charge in [-0.25, -0.2) is 9.59 Å². The van der Waals surface area contributed by atoms with Gasteiger partial charge in [0.2, 0.25) is 13.3 Å². The molecule has 3 unspecified atom stereocenters. The van der Waals surface area contributed by atoms with Crippen LogP contribution in [0.5, 0.6) is 0 Å². The molecular formula is C33H35N2O7PS. The van der Waals surface area contributed by atoms with E-state index in [1.54, 1.807) is 29.0 Å². The van der Waals surface area contributed by atoms with Gasteiger partial charge < -0.3 is 25.0 Å². The second-order valence-corrected chi connectivity index (χ2v) is 13.5. The molecule has 1 aromatic heterocycles. The number of methoxy groups -OCH3 is 1. The average molecular weight is 635 g/mol. The van der Waals surface area contributed by atoms with Crippen molar-refractivity contribution in [3.8, 4) is 11.1 Å². The summed E-state index contributed by atoms with van der Waals surface area (Å²) in [4.78, 5) is 49.8. The lowest BCUT2D eigenvalue weighted by molar-refractivity contribution is -0.144. The van der Waals surface area contributed by atoms with Crippen molar-refractivity contribution < 1.29 is 33.3 Å². The van der Waals surface area contributed by atoms with Crippen LogP contribution in [0, 0.1) is 5.92 Å². The molecule has 4 aromatic rings. The molecule has 0 saturated carbocycles. The lowest BCUT2D eigenvalue weighted by atomic mass is 9.97. The first kappa shape index (κ1) is 32.7. The zero-order chi connectivity index (χ0) is 31.5. The molecule has 1 heterocycles. The SMILES string of the molecule is COC(=O)C(C)NC(=O)C(Cc1ccc(-c2ccccc2)cc1)C[P@@](=O)(O)C(NC(=O)OCc1ccccc1)c1ccsc1. The van der Waals surface area contributed by atoms with E-state index in [0.29, 0.717) is 5.56 Å². The fourth-order valence-electron chi connectivity index (χ4n) is 4.70. The number of ether oxygens (including phenoxy) is 2. The van der Waals surface area contributed by atoms with E-state index in [-0.39, 0.29) is 13.0 Å². The van der Waals surface area contributed by atoms with Crippen LogP contribution >= 0.6 is 18.7 Å². The van der Waals surface area contributed by atoms with Gasteiger partial charge in [-0.2, -0.15) is 11.3 Å². The Bertz CT molecular complexity index is 1560. The first-order valence-corrected chi connectivity index (χ1v) is 16.9. The molecule has 3 N–H and O–H groups in total. The number of benzene rings is 3. The summed E-state index contributed by atoms with van der Waals surface area (Å²) in [6.07, 6.45) is -1.21. The van der Waals surface area contributed by atoms with Gasteiger partial charge in [0.05, 0.1) is 13.0 Å². The summed E-state index contributed by atoms with van der Waals surface area (Å²) in [7, 11) is -3.09. The number of esters is 1. The number of hydrogen-bond acceptors (Lipinski definition) is 7. The Labute approximate surface area is 260 Å². The van der Waals surface area contributed by atoms with E-state index in [0.717, 1.165) is 22.3 Å². The zero-order valence-corrected chi connectivity index (χ0v) is 26.1. The van der Waals surface area contributed by atoms with E-state index in [2.05, 4.69) is 10.6 Å². The number of carbonyl (C=O) groups is 3. The van der Waals surface area contributed by atoms with E-state index in [1.165, 1.54) is 25.4 Å². The number of hydrogen-bond donors (Lipinski definition) is 3. The van der Waals surface area contributed by atoms with Crippen molar-refractivity contribution in [2.45, 2.75) is 31.8 Å². The van der Waals surface area contributed by atoms with Gasteiger partial charge in [-0.1, -0.05) is 84.9 Å². The van der Waals surface area contributed by atoms with Gasteiger partial charge in [0.15, 0.2) is 0 Å². The lowest BCUT2D eigenvalue weighted by Gasteiger charge is -2.27. The predicted molar refractivity (Wildman–Crippen MR) is 170 cm³/mol. The summed E-state index contributed by atoms with van der Waals surface area (Å²) < 4.78 is 24.1. The summed E-state index contributed by atoms with van der Waals surface area (Å²) in [5, 5.41) is 8.57. The van der Waals surface area contributed by atoms with E-state index >= 15 is 0 Å². The normalized spacial score (nSPS) is 14.3. The Morgan fingerprint density at radius 2 is 1.50 bits per heavy atom. The van der Waals surface area contributed by atoms with Crippen LogP contribution in [0.2, 0.25) is 0 Å². The van der Waals surface area contributed by atoms with Crippen molar-refractivity contribution in [1.29, 1.82) is 0 Å². The minimum atomic E-state index is -4.30. The zero-order valence-electron chi connectivity index (χ0n) is 24.4. The van der Waals surface area contributed by atoms with Crippen LogP contribution in [0.4, 0.5) is 4.79 Å². The molecule has 4 rings (SSSR count). The second kappa shape index (κ2) is 15.5. The Morgan fingerprint density at radius 1 is 0.864 bits per heavy atom. The quantitative estimate of drug-likeness (QED) is 0.119. The van der Waals surface area contributed by atoms with Crippen LogP contribution in [0.3, 0.4) is 0 Å². The Morgan fingerprint density at radius 3 is 2.11 bits per heavy atom. The monoisotopic (exact) mass is 634 g/mol. The molecule has 11 heteroatoms. The van der Waals surface area contributed by atoms with Crippen molar-refractivity contribution in [3.05, 3.63) is 118 Å². The maximum atomic E-state index is 14.1. The molecule has 2 amide bonds. The fourth-order valence-corrected chi connectivity index (χ4v) is 7.56. The number of rotatable bonds is 13. The highest BCUT2D eigenvalue weighted by molar-refractivity contribution is 7.58. The highest BCUT2D eigenvalue weighted by Gasteiger charge is 2.39. The highest BCUT2D eigenvalue weighted by Crippen LogP contribution is 2.56. The smallest absolute Gasteiger partial charge is 0.408 e. The van der Waals surface area contributed by atoms with E-state index in [1.807, 2.05) is 72.8 Å². The molecule has 0 bridgehead atoms. The number of alkyl carbamates (subject to hydrolysis) is 1. The van der Waals surface area contributed by atoms with E-state index in [9.17, 15) is 23.8 Å². The topological polar surface area (TPSA) is 131 Å². The van der Waals surface area contributed by atoms with Crippen LogP contribution < -0.4 is 10.6 Å². The van der Waals surface area contributed by atoms with Crippen molar-refractivity contribution in [2.75, 3.05) is 13.3 Å². The molecule has 0 aliphatic carbocycles. The molecule has 0 saturated heterocycles. The molecule has 3 aromatic carbocycles. The Hall–Kier alpha value is -4.24. The van der Waals surface area contributed by atoms with Gasteiger partial charge in [-0.3, -0.25) is 9.36 Å². The minimum Gasteiger partial charge on any atom is -0.467 e. The van der Waals surface area contributed by atoms with Crippen molar-refractivity contribution in [3.63, 3.8) is 0 Å². The van der Waals surface area contributed by atoms with Gasteiger partial charge in [0, 0.05) is 6.16 Å². The third-order valence-corrected chi connectivity index (χ3v) is 9.94. The predicted octanol–water partition coefficient (Wildman–Crippen LogP) is 6.15. The summed E-state index contributed by atoms with van der Waals surface area (Å²) in [6, 6.07) is 27.1. The van der Waals surface area contributed by atoms with Crippen LogP contribution in [0.15, 0.2) is 102 Å². The summed E-state index contributed by atoms with van der Waals surface area (Å²) in [5.41, 5.74) is 3.96. The van der Waals surface area contributed by atoms with Gasteiger partial charge in [-0.05, 0) is 58.0 Å². The fraction of sp³-hybridized carbons (Fsp3) is 0.242. The third-order valence-electron chi connectivity index (χ3n) is 7.04. The molecule has 4 atom stereocenters.